The maximum absolute atomic E-state index is 5.17. The van der Waals surface area contributed by atoms with Gasteiger partial charge < -0.3 is 4.74 Å². The molecule has 1 aromatic rings. The molecule has 13 heavy (non-hydrogen) atoms. The monoisotopic (exact) mass is 178 g/mol. The Morgan fingerprint density at radius 3 is 2.77 bits per heavy atom. The van der Waals surface area contributed by atoms with E-state index in [4.69, 9.17) is 4.74 Å². The average molecular weight is 178 g/mol. The SMILES string of the molecule is CCC(C)Cc1cccc(OC)c1. The summed E-state index contributed by atoms with van der Waals surface area (Å²) in [6, 6.07) is 8.32. The summed E-state index contributed by atoms with van der Waals surface area (Å²) < 4.78 is 5.17. The van der Waals surface area contributed by atoms with Crippen LogP contribution in [0.1, 0.15) is 25.8 Å². The van der Waals surface area contributed by atoms with Gasteiger partial charge in [0.2, 0.25) is 0 Å². The minimum atomic E-state index is 0.757. The number of hydrogen-bond donors (Lipinski definition) is 0. The van der Waals surface area contributed by atoms with Gasteiger partial charge in [0, 0.05) is 0 Å². The molecule has 0 fully saturated rings. The van der Waals surface area contributed by atoms with E-state index in [1.54, 1.807) is 7.11 Å². The van der Waals surface area contributed by atoms with Crippen molar-refractivity contribution in [2.45, 2.75) is 26.7 Å². The van der Waals surface area contributed by atoms with Gasteiger partial charge in [-0.25, -0.2) is 0 Å². The first kappa shape index (κ1) is 10.1. The maximum Gasteiger partial charge on any atom is 0.119 e. The molecule has 1 rings (SSSR count). The van der Waals surface area contributed by atoms with E-state index >= 15 is 0 Å². The van der Waals surface area contributed by atoms with Gasteiger partial charge in [0.05, 0.1) is 7.11 Å². The molecule has 1 unspecified atom stereocenters. The van der Waals surface area contributed by atoms with E-state index in [-0.39, 0.29) is 0 Å². The number of rotatable bonds is 4. The van der Waals surface area contributed by atoms with Gasteiger partial charge in [0.15, 0.2) is 0 Å². The minimum Gasteiger partial charge on any atom is -0.497 e. The normalized spacial score (nSPS) is 12.5. The van der Waals surface area contributed by atoms with Crippen LogP contribution < -0.4 is 4.74 Å². The maximum atomic E-state index is 5.17. The van der Waals surface area contributed by atoms with Crippen molar-refractivity contribution in [2.24, 2.45) is 5.92 Å². The Bertz CT molecular complexity index is 255. The highest BCUT2D eigenvalue weighted by Gasteiger charge is 2.01. The summed E-state index contributed by atoms with van der Waals surface area (Å²) in [6.07, 6.45) is 2.38. The Hall–Kier alpha value is -0.980. The minimum absolute atomic E-state index is 0.757. The fraction of sp³-hybridized carbons (Fsp3) is 0.500. The van der Waals surface area contributed by atoms with Crippen LogP contribution in [0.5, 0.6) is 5.75 Å². The highest BCUT2D eigenvalue weighted by Crippen LogP contribution is 2.16. The lowest BCUT2D eigenvalue weighted by atomic mass is 9.99. The summed E-state index contributed by atoms with van der Waals surface area (Å²) in [6.45, 7) is 4.50. The molecule has 72 valence electrons. The van der Waals surface area contributed by atoms with Gasteiger partial charge in [-0.05, 0) is 30.0 Å². The van der Waals surface area contributed by atoms with E-state index in [1.165, 1.54) is 12.0 Å². The molecule has 0 aromatic heterocycles. The molecule has 0 aliphatic heterocycles. The van der Waals surface area contributed by atoms with Crippen molar-refractivity contribution in [3.05, 3.63) is 29.8 Å². The van der Waals surface area contributed by atoms with Crippen LogP contribution in [0, 0.1) is 5.92 Å². The highest BCUT2D eigenvalue weighted by molar-refractivity contribution is 5.28. The smallest absolute Gasteiger partial charge is 0.119 e. The third kappa shape index (κ3) is 3.10. The molecule has 1 nitrogen and oxygen atoms in total. The second-order valence-electron chi connectivity index (χ2n) is 3.57. The molecule has 0 aliphatic rings. The molecule has 0 radical (unpaired) electrons. The van der Waals surface area contributed by atoms with Crippen LogP contribution in [0.15, 0.2) is 24.3 Å². The van der Waals surface area contributed by atoms with Crippen LogP contribution in [0.2, 0.25) is 0 Å². The first-order valence-electron chi connectivity index (χ1n) is 4.89. The molecule has 0 saturated heterocycles. The van der Waals surface area contributed by atoms with Crippen LogP contribution in [0.4, 0.5) is 0 Å². The quantitative estimate of drug-likeness (QED) is 0.687. The van der Waals surface area contributed by atoms with Gasteiger partial charge in [-0.1, -0.05) is 32.4 Å². The Balaban J connectivity index is 2.66. The van der Waals surface area contributed by atoms with Gasteiger partial charge >= 0.3 is 0 Å². The molecular weight excluding hydrogens is 160 g/mol. The summed E-state index contributed by atoms with van der Waals surface area (Å²) >= 11 is 0. The summed E-state index contributed by atoms with van der Waals surface area (Å²) in [5.74, 6) is 1.72. The van der Waals surface area contributed by atoms with Gasteiger partial charge in [-0.15, -0.1) is 0 Å². The molecular formula is C12H18O. The predicted molar refractivity (Wildman–Crippen MR) is 56.2 cm³/mol. The molecule has 0 bridgehead atoms. The van der Waals surface area contributed by atoms with Crippen molar-refractivity contribution in [3.8, 4) is 5.75 Å². The zero-order valence-corrected chi connectivity index (χ0v) is 8.71. The molecule has 0 amide bonds. The number of benzene rings is 1. The lowest BCUT2D eigenvalue weighted by Crippen LogP contribution is -1.97. The second kappa shape index (κ2) is 4.90. The van der Waals surface area contributed by atoms with Crippen LogP contribution >= 0.6 is 0 Å². The van der Waals surface area contributed by atoms with E-state index < -0.39 is 0 Å². The summed E-state index contributed by atoms with van der Waals surface area (Å²) in [5, 5.41) is 0. The third-order valence-corrected chi connectivity index (χ3v) is 2.42. The summed E-state index contributed by atoms with van der Waals surface area (Å²) in [4.78, 5) is 0. The molecule has 0 saturated carbocycles. The van der Waals surface area contributed by atoms with E-state index in [1.807, 2.05) is 6.07 Å². The summed E-state index contributed by atoms with van der Waals surface area (Å²) in [7, 11) is 1.71. The van der Waals surface area contributed by atoms with Crippen molar-refractivity contribution in [2.75, 3.05) is 7.11 Å². The Labute approximate surface area is 80.7 Å². The highest BCUT2D eigenvalue weighted by atomic mass is 16.5. The zero-order chi connectivity index (χ0) is 9.68. The van der Waals surface area contributed by atoms with Gasteiger partial charge in [-0.2, -0.15) is 0 Å². The molecule has 1 heteroatoms. The van der Waals surface area contributed by atoms with Crippen molar-refractivity contribution >= 4 is 0 Å². The molecule has 0 spiro atoms. The van der Waals surface area contributed by atoms with Crippen LogP contribution in [-0.2, 0) is 6.42 Å². The van der Waals surface area contributed by atoms with Gasteiger partial charge in [-0.3, -0.25) is 0 Å². The van der Waals surface area contributed by atoms with Crippen molar-refractivity contribution < 1.29 is 4.74 Å². The Kier molecular flexibility index (Phi) is 3.81. The van der Waals surface area contributed by atoms with Crippen molar-refractivity contribution in [1.82, 2.24) is 0 Å². The fourth-order valence-corrected chi connectivity index (χ4v) is 1.35. The molecule has 0 N–H and O–H groups in total. The lowest BCUT2D eigenvalue weighted by molar-refractivity contribution is 0.413. The number of hydrogen-bond acceptors (Lipinski definition) is 1. The average Bonchev–Trinajstić information content (AvgIpc) is 2.18. The van der Waals surface area contributed by atoms with Crippen LogP contribution in [0.25, 0.3) is 0 Å². The number of methoxy groups -OCH3 is 1. The molecule has 0 heterocycles. The standard InChI is InChI=1S/C12H18O/c1-4-10(2)8-11-6-5-7-12(9-11)13-3/h5-7,9-10H,4,8H2,1-3H3. The molecule has 1 atom stereocenters. The fourth-order valence-electron chi connectivity index (χ4n) is 1.35. The number of ether oxygens (including phenoxy) is 1. The topological polar surface area (TPSA) is 9.23 Å². The van der Waals surface area contributed by atoms with Crippen LogP contribution in [-0.4, -0.2) is 7.11 Å². The Morgan fingerprint density at radius 1 is 1.38 bits per heavy atom. The van der Waals surface area contributed by atoms with Crippen molar-refractivity contribution in [1.29, 1.82) is 0 Å². The zero-order valence-electron chi connectivity index (χ0n) is 8.71. The van der Waals surface area contributed by atoms with Gasteiger partial charge in [0.1, 0.15) is 5.75 Å². The van der Waals surface area contributed by atoms with E-state index in [0.717, 1.165) is 18.1 Å². The van der Waals surface area contributed by atoms with Crippen LogP contribution in [0.3, 0.4) is 0 Å². The lowest BCUT2D eigenvalue weighted by Gasteiger charge is -2.09. The van der Waals surface area contributed by atoms with E-state index in [0.29, 0.717) is 0 Å². The second-order valence-corrected chi connectivity index (χ2v) is 3.57. The van der Waals surface area contributed by atoms with E-state index in [9.17, 15) is 0 Å². The van der Waals surface area contributed by atoms with E-state index in [2.05, 4.69) is 32.0 Å². The largest absolute Gasteiger partial charge is 0.497 e. The molecule has 0 aliphatic carbocycles. The van der Waals surface area contributed by atoms with Gasteiger partial charge in [0.25, 0.3) is 0 Å². The summed E-state index contributed by atoms with van der Waals surface area (Å²) in [5.41, 5.74) is 1.37. The predicted octanol–water partition coefficient (Wildman–Crippen LogP) is 3.28. The first-order valence-corrected chi connectivity index (χ1v) is 4.89. The third-order valence-electron chi connectivity index (χ3n) is 2.42. The Morgan fingerprint density at radius 2 is 2.15 bits per heavy atom. The first-order chi connectivity index (χ1) is 6.26. The van der Waals surface area contributed by atoms with Crippen molar-refractivity contribution in [3.63, 3.8) is 0 Å². The molecule has 1 aromatic carbocycles.